The van der Waals surface area contributed by atoms with Gasteiger partial charge in [-0.05, 0) is 43.5 Å². The molecule has 3 rings (SSSR count). The smallest absolute Gasteiger partial charge is 0.266 e. The van der Waals surface area contributed by atoms with Gasteiger partial charge in [0.15, 0.2) is 0 Å². The highest BCUT2D eigenvalue weighted by atomic mass is 16.3. The fraction of sp³-hybridized carbons (Fsp3) is 0.263. The standard InChI is InChI=1S/C19H18N2O2/c1-12-3-5-15(6-4-12)21-19(22)14(11-20)10-16-7-8-18(23-16)17-9-13(17)2/h3-8,10,13,17H,9H2,1-2H3,(H,21,22)/b14-10+/t13-,17+/m1/s1. The highest BCUT2D eigenvalue weighted by molar-refractivity contribution is 6.09. The molecule has 0 aliphatic heterocycles. The van der Waals surface area contributed by atoms with Gasteiger partial charge in [0.05, 0.1) is 0 Å². The Morgan fingerprint density at radius 1 is 1.30 bits per heavy atom. The third-order valence-electron chi connectivity index (χ3n) is 4.08. The van der Waals surface area contributed by atoms with Gasteiger partial charge < -0.3 is 9.73 Å². The summed E-state index contributed by atoms with van der Waals surface area (Å²) in [5, 5.41) is 11.9. The van der Waals surface area contributed by atoms with E-state index in [2.05, 4.69) is 12.2 Å². The highest BCUT2D eigenvalue weighted by Crippen LogP contribution is 2.47. The van der Waals surface area contributed by atoms with Crippen molar-refractivity contribution in [1.29, 1.82) is 5.26 Å². The molecular formula is C19H18N2O2. The number of carbonyl (C=O) groups excluding carboxylic acids is 1. The van der Waals surface area contributed by atoms with Crippen molar-refractivity contribution < 1.29 is 9.21 Å². The Kier molecular flexibility index (Phi) is 4.03. The summed E-state index contributed by atoms with van der Waals surface area (Å²) in [6.07, 6.45) is 2.62. The molecule has 2 aromatic rings. The second-order valence-corrected chi connectivity index (χ2v) is 6.05. The zero-order valence-electron chi connectivity index (χ0n) is 13.2. The topological polar surface area (TPSA) is 66.0 Å². The van der Waals surface area contributed by atoms with E-state index >= 15 is 0 Å². The molecule has 0 saturated heterocycles. The third-order valence-corrected chi connectivity index (χ3v) is 4.08. The molecule has 0 bridgehead atoms. The van der Waals surface area contributed by atoms with Crippen LogP contribution in [0.3, 0.4) is 0 Å². The minimum Gasteiger partial charge on any atom is -0.461 e. The summed E-state index contributed by atoms with van der Waals surface area (Å²) in [6, 6.07) is 13.1. The summed E-state index contributed by atoms with van der Waals surface area (Å²) >= 11 is 0. The highest BCUT2D eigenvalue weighted by Gasteiger charge is 2.36. The summed E-state index contributed by atoms with van der Waals surface area (Å²) in [6.45, 7) is 4.15. The van der Waals surface area contributed by atoms with Gasteiger partial charge in [-0.3, -0.25) is 4.79 Å². The number of nitrogens with one attached hydrogen (secondary N) is 1. The number of nitrogens with zero attached hydrogens (tertiary/aromatic N) is 1. The third kappa shape index (κ3) is 3.51. The maximum atomic E-state index is 12.2. The van der Waals surface area contributed by atoms with E-state index in [1.165, 1.54) is 6.08 Å². The first-order valence-corrected chi connectivity index (χ1v) is 7.66. The molecule has 0 spiro atoms. The number of hydrogen-bond donors (Lipinski definition) is 1. The molecule has 0 unspecified atom stereocenters. The largest absolute Gasteiger partial charge is 0.461 e. The van der Waals surface area contributed by atoms with Gasteiger partial charge in [0.2, 0.25) is 0 Å². The van der Waals surface area contributed by atoms with Crippen LogP contribution in [0.25, 0.3) is 6.08 Å². The zero-order valence-corrected chi connectivity index (χ0v) is 13.2. The summed E-state index contributed by atoms with van der Waals surface area (Å²) in [5.74, 6) is 2.16. The maximum absolute atomic E-state index is 12.2. The van der Waals surface area contributed by atoms with E-state index in [1.54, 1.807) is 6.07 Å². The number of anilines is 1. The lowest BCUT2D eigenvalue weighted by atomic mass is 10.2. The maximum Gasteiger partial charge on any atom is 0.266 e. The van der Waals surface area contributed by atoms with Crippen molar-refractivity contribution in [3.05, 3.63) is 59.1 Å². The van der Waals surface area contributed by atoms with Crippen LogP contribution in [0.5, 0.6) is 0 Å². The predicted molar refractivity (Wildman–Crippen MR) is 88.6 cm³/mol. The van der Waals surface area contributed by atoms with Crippen molar-refractivity contribution in [2.24, 2.45) is 5.92 Å². The van der Waals surface area contributed by atoms with Crippen LogP contribution in [0.4, 0.5) is 5.69 Å². The Bertz CT molecular complexity index is 794. The van der Waals surface area contributed by atoms with Crippen molar-refractivity contribution in [2.45, 2.75) is 26.2 Å². The van der Waals surface area contributed by atoms with Gasteiger partial charge in [0.25, 0.3) is 5.91 Å². The van der Waals surface area contributed by atoms with Crippen LogP contribution in [0.1, 0.15) is 36.3 Å². The van der Waals surface area contributed by atoms with Crippen molar-refractivity contribution in [3.8, 4) is 6.07 Å². The fourth-order valence-corrected chi connectivity index (χ4v) is 2.49. The molecule has 1 fully saturated rings. The lowest BCUT2D eigenvalue weighted by Crippen LogP contribution is -2.13. The van der Waals surface area contributed by atoms with Gasteiger partial charge in [-0.15, -0.1) is 0 Å². The molecule has 1 aliphatic carbocycles. The number of furan rings is 1. The molecule has 116 valence electrons. The Labute approximate surface area is 135 Å². The van der Waals surface area contributed by atoms with Crippen molar-refractivity contribution in [2.75, 3.05) is 5.32 Å². The Morgan fingerprint density at radius 3 is 2.61 bits per heavy atom. The van der Waals surface area contributed by atoms with Crippen LogP contribution in [0.2, 0.25) is 0 Å². The SMILES string of the molecule is Cc1ccc(NC(=O)/C(C#N)=C/c2ccc([C@H]3C[C@H]3C)o2)cc1. The van der Waals surface area contributed by atoms with E-state index < -0.39 is 5.91 Å². The Balaban J connectivity index is 1.73. The first-order valence-electron chi connectivity index (χ1n) is 7.66. The van der Waals surface area contributed by atoms with Crippen molar-refractivity contribution in [1.82, 2.24) is 0 Å². The average molecular weight is 306 g/mol. The van der Waals surface area contributed by atoms with Crippen molar-refractivity contribution >= 4 is 17.7 Å². The van der Waals surface area contributed by atoms with Gasteiger partial charge >= 0.3 is 0 Å². The monoisotopic (exact) mass is 306 g/mol. The van der Waals surface area contributed by atoms with Gasteiger partial charge in [0.1, 0.15) is 23.2 Å². The summed E-state index contributed by atoms with van der Waals surface area (Å²) in [4.78, 5) is 12.2. The number of hydrogen-bond acceptors (Lipinski definition) is 3. The molecule has 23 heavy (non-hydrogen) atoms. The summed E-state index contributed by atoms with van der Waals surface area (Å²) < 4.78 is 5.72. The number of rotatable bonds is 4. The zero-order chi connectivity index (χ0) is 16.4. The van der Waals surface area contributed by atoms with Gasteiger partial charge in [-0.2, -0.15) is 5.26 Å². The van der Waals surface area contributed by atoms with Crippen LogP contribution >= 0.6 is 0 Å². The summed E-state index contributed by atoms with van der Waals surface area (Å²) in [7, 11) is 0. The predicted octanol–water partition coefficient (Wildman–Crippen LogP) is 4.26. The van der Waals surface area contributed by atoms with E-state index in [9.17, 15) is 10.1 Å². The Hall–Kier alpha value is -2.80. The minimum absolute atomic E-state index is 0.0234. The average Bonchev–Trinajstić information content (AvgIpc) is 3.09. The normalized spacial score (nSPS) is 20.0. The molecule has 4 heteroatoms. The molecule has 1 aromatic heterocycles. The molecule has 1 saturated carbocycles. The van der Waals surface area contributed by atoms with Crippen LogP contribution in [0.15, 0.2) is 46.4 Å². The van der Waals surface area contributed by atoms with Crippen LogP contribution in [-0.2, 0) is 4.79 Å². The second kappa shape index (κ2) is 6.13. The molecular weight excluding hydrogens is 288 g/mol. The molecule has 4 nitrogen and oxygen atoms in total. The van der Waals surface area contributed by atoms with E-state index in [1.807, 2.05) is 43.3 Å². The number of aryl methyl sites for hydroxylation is 1. The van der Waals surface area contributed by atoms with E-state index in [4.69, 9.17) is 4.42 Å². The van der Waals surface area contributed by atoms with Crippen LogP contribution in [-0.4, -0.2) is 5.91 Å². The molecule has 1 N–H and O–H groups in total. The molecule has 1 aliphatic rings. The number of carbonyl (C=O) groups is 1. The number of nitriles is 1. The van der Waals surface area contributed by atoms with Crippen LogP contribution in [0, 0.1) is 24.2 Å². The second-order valence-electron chi connectivity index (χ2n) is 6.05. The van der Waals surface area contributed by atoms with Crippen LogP contribution < -0.4 is 5.32 Å². The lowest BCUT2D eigenvalue weighted by molar-refractivity contribution is -0.112. The molecule has 0 radical (unpaired) electrons. The van der Waals surface area contributed by atoms with E-state index in [-0.39, 0.29) is 5.57 Å². The Morgan fingerprint density at radius 2 is 2.00 bits per heavy atom. The summed E-state index contributed by atoms with van der Waals surface area (Å²) in [5.41, 5.74) is 1.79. The number of amides is 1. The quantitative estimate of drug-likeness (QED) is 0.678. The minimum atomic E-state index is -0.436. The van der Waals surface area contributed by atoms with E-state index in [0.717, 1.165) is 17.7 Å². The van der Waals surface area contributed by atoms with E-state index in [0.29, 0.717) is 23.3 Å². The molecule has 1 amide bonds. The van der Waals surface area contributed by atoms with Crippen molar-refractivity contribution in [3.63, 3.8) is 0 Å². The fourth-order valence-electron chi connectivity index (χ4n) is 2.49. The van der Waals surface area contributed by atoms with Gasteiger partial charge in [-0.1, -0.05) is 24.6 Å². The number of benzene rings is 1. The lowest BCUT2D eigenvalue weighted by Gasteiger charge is -2.04. The first-order chi connectivity index (χ1) is 11.1. The molecule has 2 atom stereocenters. The molecule has 1 aromatic carbocycles. The van der Waals surface area contributed by atoms with Gasteiger partial charge in [0, 0.05) is 17.7 Å². The molecule has 1 heterocycles. The van der Waals surface area contributed by atoms with Gasteiger partial charge in [-0.25, -0.2) is 0 Å². The first kappa shape index (κ1) is 15.1.